The van der Waals surface area contributed by atoms with Crippen LogP contribution < -0.4 is 10.9 Å². The van der Waals surface area contributed by atoms with Gasteiger partial charge in [0.15, 0.2) is 0 Å². The fourth-order valence-corrected chi connectivity index (χ4v) is 3.22. The molecule has 0 spiro atoms. The Morgan fingerprint density at radius 1 is 1.32 bits per heavy atom. The predicted molar refractivity (Wildman–Crippen MR) is 99.3 cm³/mol. The molecule has 25 heavy (non-hydrogen) atoms. The monoisotopic (exact) mass is 421 g/mol. The molecule has 8 heteroatoms. The van der Waals surface area contributed by atoms with Crippen LogP contribution in [0.15, 0.2) is 57.1 Å². The summed E-state index contributed by atoms with van der Waals surface area (Å²) in [4.78, 5) is 25.4. The number of carbonyl (C=O) groups is 1. The maximum absolute atomic E-state index is 13.9. The van der Waals surface area contributed by atoms with Crippen molar-refractivity contribution in [2.75, 3.05) is 5.32 Å². The Morgan fingerprint density at radius 3 is 2.80 bits per heavy atom. The average molecular weight is 422 g/mol. The molecule has 2 aromatic heterocycles. The van der Waals surface area contributed by atoms with Crippen molar-refractivity contribution in [2.45, 2.75) is 13.0 Å². The van der Waals surface area contributed by atoms with Gasteiger partial charge in [-0.1, -0.05) is 22.0 Å². The number of nitrogens with one attached hydrogen (secondary N) is 1. The van der Waals surface area contributed by atoms with E-state index in [1.54, 1.807) is 19.1 Å². The Morgan fingerprint density at radius 2 is 2.12 bits per heavy atom. The summed E-state index contributed by atoms with van der Waals surface area (Å²) in [6.45, 7) is 1.54. The van der Waals surface area contributed by atoms with Gasteiger partial charge in [0.1, 0.15) is 17.6 Å². The van der Waals surface area contributed by atoms with Crippen LogP contribution >= 0.6 is 27.3 Å². The fraction of sp³-hybridized carbons (Fsp3) is 0.118. The van der Waals surface area contributed by atoms with Crippen LogP contribution in [0, 0.1) is 5.82 Å². The van der Waals surface area contributed by atoms with Crippen LogP contribution in [0.3, 0.4) is 0 Å². The molecule has 0 aliphatic carbocycles. The third-order valence-corrected chi connectivity index (χ3v) is 4.92. The Labute approximate surface area is 155 Å². The number of nitrogens with zero attached hydrogens (tertiary/aromatic N) is 2. The van der Waals surface area contributed by atoms with E-state index in [1.165, 1.54) is 29.5 Å². The number of amides is 1. The SMILES string of the molecule is CC(C(=O)Nc1ccc(Br)cc1F)n1nc(-c2cccs2)ccc1=O. The zero-order chi connectivity index (χ0) is 18.0. The normalized spacial score (nSPS) is 12.0. The van der Waals surface area contributed by atoms with Gasteiger partial charge in [-0.05, 0) is 42.6 Å². The van der Waals surface area contributed by atoms with Crippen LogP contribution in [-0.2, 0) is 4.79 Å². The number of hydrogen-bond donors (Lipinski definition) is 1. The van der Waals surface area contributed by atoms with E-state index >= 15 is 0 Å². The van der Waals surface area contributed by atoms with E-state index in [9.17, 15) is 14.0 Å². The maximum Gasteiger partial charge on any atom is 0.267 e. The Bertz CT molecular complexity index is 972. The molecular formula is C17H13BrFN3O2S. The highest BCUT2D eigenvalue weighted by molar-refractivity contribution is 9.10. The number of halogens is 2. The molecule has 128 valence electrons. The van der Waals surface area contributed by atoms with Gasteiger partial charge in [-0.15, -0.1) is 11.3 Å². The molecule has 1 aromatic carbocycles. The largest absolute Gasteiger partial charge is 0.322 e. The molecular weight excluding hydrogens is 409 g/mol. The van der Waals surface area contributed by atoms with Gasteiger partial charge >= 0.3 is 0 Å². The van der Waals surface area contributed by atoms with E-state index in [4.69, 9.17) is 0 Å². The summed E-state index contributed by atoms with van der Waals surface area (Å²) < 4.78 is 15.5. The van der Waals surface area contributed by atoms with E-state index in [1.807, 2.05) is 17.5 Å². The number of thiophene rings is 1. The number of benzene rings is 1. The van der Waals surface area contributed by atoms with Crippen molar-refractivity contribution in [1.29, 1.82) is 0 Å². The summed E-state index contributed by atoms with van der Waals surface area (Å²) in [5.74, 6) is -1.10. The number of rotatable bonds is 4. The third-order valence-electron chi connectivity index (χ3n) is 3.53. The van der Waals surface area contributed by atoms with E-state index in [0.29, 0.717) is 10.2 Å². The van der Waals surface area contributed by atoms with Crippen LogP contribution in [-0.4, -0.2) is 15.7 Å². The minimum atomic E-state index is -0.893. The second-order valence-electron chi connectivity index (χ2n) is 5.27. The zero-order valence-corrected chi connectivity index (χ0v) is 15.5. The minimum absolute atomic E-state index is 0.0440. The first-order valence-corrected chi connectivity index (χ1v) is 9.02. The smallest absolute Gasteiger partial charge is 0.267 e. The maximum atomic E-state index is 13.9. The fourth-order valence-electron chi connectivity index (χ4n) is 2.20. The first-order chi connectivity index (χ1) is 12.0. The Balaban J connectivity index is 1.87. The minimum Gasteiger partial charge on any atom is -0.322 e. The van der Waals surface area contributed by atoms with E-state index in [0.717, 1.165) is 9.56 Å². The molecule has 1 N–H and O–H groups in total. The van der Waals surface area contributed by atoms with Gasteiger partial charge in [0.25, 0.3) is 5.56 Å². The molecule has 0 aliphatic heterocycles. The molecule has 5 nitrogen and oxygen atoms in total. The van der Waals surface area contributed by atoms with Gasteiger partial charge in [0.2, 0.25) is 5.91 Å². The molecule has 0 saturated heterocycles. The highest BCUT2D eigenvalue weighted by Gasteiger charge is 2.19. The third kappa shape index (κ3) is 3.85. The molecule has 0 aliphatic rings. The van der Waals surface area contributed by atoms with Crippen molar-refractivity contribution in [1.82, 2.24) is 9.78 Å². The molecule has 1 atom stereocenters. The topological polar surface area (TPSA) is 64.0 Å². The van der Waals surface area contributed by atoms with Gasteiger partial charge in [-0.3, -0.25) is 9.59 Å². The van der Waals surface area contributed by atoms with Crippen LogP contribution in [0.1, 0.15) is 13.0 Å². The highest BCUT2D eigenvalue weighted by atomic mass is 79.9. The molecule has 0 fully saturated rings. The molecule has 0 radical (unpaired) electrons. The van der Waals surface area contributed by atoms with E-state index < -0.39 is 23.3 Å². The van der Waals surface area contributed by atoms with Gasteiger partial charge in [-0.25, -0.2) is 9.07 Å². The standard InChI is InChI=1S/C17H13BrFN3O2S/c1-10(17(24)20-13-5-4-11(18)9-12(13)19)22-16(23)7-6-14(21-22)15-3-2-8-25-15/h2-10H,1H3,(H,20,24). The average Bonchev–Trinajstić information content (AvgIpc) is 3.11. The van der Waals surface area contributed by atoms with Crippen molar-refractivity contribution in [2.24, 2.45) is 0 Å². The van der Waals surface area contributed by atoms with Gasteiger partial charge in [-0.2, -0.15) is 5.10 Å². The molecule has 0 bridgehead atoms. The summed E-state index contributed by atoms with van der Waals surface area (Å²) in [6, 6.07) is 10.2. The van der Waals surface area contributed by atoms with Crippen molar-refractivity contribution in [3.8, 4) is 10.6 Å². The van der Waals surface area contributed by atoms with Crippen LogP contribution in [0.2, 0.25) is 0 Å². The van der Waals surface area contributed by atoms with Gasteiger partial charge in [0, 0.05) is 10.5 Å². The summed E-state index contributed by atoms with van der Waals surface area (Å²) in [5.41, 5.74) is 0.241. The predicted octanol–water partition coefficient (Wildman–Crippen LogP) is 4.07. The molecule has 3 rings (SSSR count). The van der Waals surface area contributed by atoms with Gasteiger partial charge in [0.05, 0.1) is 10.6 Å². The first kappa shape index (κ1) is 17.5. The molecule has 1 amide bonds. The number of aromatic nitrogens is 2. The number of anilines is 1. The lowest BCUT2D eigenvalue weighted by molar-refractivity contribution is -0.119. The second-order valence-corrected chi connectivity index (χ2v) is 7.13. The quantitative estimate of drug-likeness (QED) is 0.690. The van der Waals surface area contributed by atoms with E-state index in [-0.39, 0.29) is 5.69 Å². The Hall–Kier alpha value is -2.32. The first-order valence-electron chi connectivity index (χ1n) is 7.35. The summed E-state index contributed by atoms with van der Waals surface area (Å²) >= 11 is 4.64. The summed E-state index contributed by atoms with van der Waals surface area (Å²) in [5, 5.41) is 8.65. The Kier molecular flexibility index (Phi) is 5.10. The van der Waals surface area contributed by atoms with Crippen molar-refractivity contribution in [3.63, 3.8) is 0 Å². The highest BCUT2D eigenvalue weighted by Crippen LogP contribution is 2.23. The lowest BCUT2D eigenvalue weighted by atomic mass is 10.2. The van der Waals surface area contributed by atoms with Crippen molar-refractivity contribution in [3.05, 3.63) is 68.5 Å². The lowest BCUT2D eigenvalue weighted by Crippen LogP contribution is -2.33. The van der Waals surface area contributed by atoms with Crippen LogP contribution in [0.25, 0.3) is 10.6 Å². The van der Waals surface area contributed by atoms with Crippen molar-refractivity contribution >= 4 is 38.9 Å². The molecule has 0 saturated carbocycles. The lowest BCUT2D eigenvalue weighted by Gasteiger charge is -2.15. The molecule has 3 aromatic rings. The summed E-state index contributed by atoms with van der Waals surface area (Å²) in [6.07, 6.45) is 0. The van der Waals surface area contributed by atoms with Crippen LogP contribution in [0.4, 0.5) is 10.1 Å². The number of carbonyl (C=O) groups excluding carboxylic acids is 1. The van der Waals surface area contributed by atoms with E-state index in [2.05, 4.69) is 26.3 Å². The molecule has 2 heterocycles. The molecule has 1 unspecified atom stereocenters. The van der Waals surface area contributed by atoms with Crippen molar-refractivity contribution < 1.29 is 9.18 Å². The summed E-state index contributed by atoms with van der Waals surface area (Å²) in [7, 11) is 0. The van der Waals surface area contributed by atoms with Gasteiger partial charge < -0.3 is 5.32 Å². The van der Waals surface area contributed by atoms with Crippen LogP contribution in [0.5, 0.6) is 0 Å². The number of hydrogen-bond acceptors (Lipinski definition) is 4. The second kappa shape index (κ2) is 7.28. The zero-order valence-electron chi connectivity index (χ0n) is 13.1.